The van der Waals surface area contributed by atoms with E-state index in [2.05, 4.69) is 10.3 Å². The van der Waals surface area contributed by atoms with Gasteiger partial charge in [-0.25, -0.2) is 4.98 Å². The smallest absolute Gasteiger partial charge is 0.303 e. The fraction of sp³-hybridized carbons (Fsp3) is 0.533. The Morgan fingerprint density at radius 1 is 1.29 bits per heavy atom. The van der Waals surface area contributed by atoms with Crippen LogP contribution in [-0.4, -0.2) is 28.5 Å². The van der Waals surface area contributed by atoms with Gasteiger partial charge < -0.3 is 10.4 Å². The largest absolute Gasteiger partial charge is 0.481 e. The third-order valence-electron chi connectivity index (χ3n) is 4.01. The van der Waals surface area contributed by atoms with Gasteiger partial charge in [0.2, 0.25) is 5.95 Å². The summed E-state index contributed by atoms with van der Waals surface area (Å²) in [6.07, 6.45) is 4.67. The number of carboxylic acids is 1. The Hall–Kier alpha value is -1.98. The van der Waals surface area contributed by atoms with Crippen molar-refractivity contribution in [2.45, 2.75) is 38.5 Å². The van der Waals surface area contributed by atoms with E-state index in [1.165, 1.54) is 18.2 Å². The van der Waals surface area contributed by atoms with E-state index in [9.17, 15) is 14.0 Å². The zero-order chi connectivity index (χ0) is 15.3. The number of nitrogens with zero attached hydrogens (tertiary/aromatic N) is 1. The monoisotopic (exact) mass is 294 g/mol. The van der Waals surface area contributed by atoms with E-state index in [0.717, 1.165) is 32.1 Å². The third kappa shape index (κ3) is 4.24. The van der Waals surface area contributed by atoms with Crippen molar-refractivity contribution >= 4 is 11.9 Å². The summed E-state index contributed by atoms with van der Waals surface area (Å²) in [5.41, 5.74) is -0.385. The number of amides is 1. The molecule has 1 amide bonds. The molecule has 0 atom stereocenters. The number of rotatable bonds is 5. The molecule has 1 aromatic rings. The second-order valence-electron chi connectivity index (χ2n) is 5.66. The van der Waals surface area contributed by atoms with E-state index in [0.29, 0.717) is 0 Å². The van der Waals surface area contributed by atoms with Crippen LogP contribution in [0.5, 0.6) is 0 Å². The molecule has 0 saturated heterocycles. The van der Waals surface area contributed by atoms with Crippen molar-refractivity contribution < 1.29 is 19.1 Å². The van der Waals surface area contributed by atoms with Crippen LogP contribution in [0.4, 0.5) is 4.39 Å². The summed E-state index contributed by atoms with van der Waals surface area (Å²) >= 11 is 0. The normalized spacial score (nSPS) is 17.2. The first kappa shape index (κ1) is 15.4. The van der Waals surface area contributed by atoms with Crippen LogP contribution >= 0.6 is 0 Å². The molecule has 2 rings (SSSR count). The highest BCUT2D eigenvalue weighted by Crippen LogP contribution is 2.38. The summed E-state index contributed by atoms with van der Waals surface area (Å²) in [6, 6.07) is 4.03. The SMILES string of the molecule is O=C(O)CC1(CNC(=O)c2cccc(F)n2)CCCCC1. The van der Waals surface area contributed by atoms with E-state index < -0.39 is 23.2 Å². The lowest BCUT2D eigenvalue weighted by molar-refractivity contribution is -0.140. The molecule has 1 aromatic heterocycles. The fourth-order valence-corrected chi connectivity index (χ4v) is 2.93. The van der Waals surface area contributed by atoms with E-state index in [1.54, 1.807) is 0 Å². The number of hydrogen-bond acceptors (Lipinski definition) is 3. The molecule has 0 unspecified atom stereocenters. The van der Waals surface area contributed by atoms with Crippen molar-refractivity contribution in [1.29, 1.82) is 0 Å². The summed E-state index contributed by atoms with van der Waals surface area (Å²) in [4.78, 5) is 26.6. The van der Waals surface area contributed by atoms with E-state index >= 15 is 0 Å². The lowest BCUT2D eigenvalue weighted by Crippen LogP contribution is -2.40. The van der Waals surface area contributed by atoms with Crippen molar-refractivity contribution in [1.82, 2.24) is 10.3 Å². The molecule has 21 heavy (non-hydrogen) atoms. The molecule has 0 aliphatic heterocycles. The standard InChI is InChI=1S/C15H19FN2O3/c16-12-6-4-5-11(18-12)14(21)17-10-15(9-13(19)20)7-2-1-3-8-15/h4-6H,1-3,7-10H2,(H,17,21)(H,19,20). The first-order chi connectivity index (χ1) is 10.0. The van der Waals surface area contributed by atoms with Crippen molar-refractivity contribution in [3.8, 4) is 0 Å². The molecule has 1 fully saturated rings. The number of hydrogen-bond donors (Lipinski definition) is 2. The van der Waals surface area contributed by atoms with E-state index in [-0.39, 0.29) is 18.7 Å². The molecule has 1 aliphatic carbocycles. The molecule has 6 heteroatoms. The predicted molar refractivity (Wildman–Crippen MR) is 74.3 cm³/mol. The molecule has 0 bridgehead atoms. The molecule has 1 heterocycles. The Balaban J connectivity index is 2.01. The number of carbonyl (C=O) groups is 2. The van der Waals surface area contributed by atoms with Gasteiger partial charge in [0.15, 0.2) is 0 Å². The number of carboxylic acid groups (broad SMARTS) is 1. The summed E-state index contributed by atoms with van der Waals surface area (Å²) < 4.78 is 13.0. The zero-order valence-corrected chi connectivity index (χ0v) is 11.8. The number of halogens is 1. The summed E-state index contributed by atoms with van der Waals surface area (Å²) in [7, 11) is 0. The van der Waals surface area contributed by atoms with Crippen LogP contribution < -0.4 is 5.32 Å². The van der Waals surface area contributed by atoms with E-state index in [4.69, 9.17) is 5.11 Å². The van der Waals surface area contributed by atoms with Crippen LogP contribution in [0.15, 0.2) is 18.2 Å². The predicted octanol–water partition coefficient (Wildman–Crippen LogP) is 2.38. The first-order valence-corrected chi connectivity index (χ1v) is 7.13. The molecule has 0 radical (unpaired) electrons. The van der Waals surface area contributed by atoms with Gasteiger partial charge in [-0.15, -0.1) is 0 Å². The van der Waals surface area contributed by atoms with Crippen LogP contribution in [0, 0.1) is 11.4 Å². The topological polar surface area (TPSA) is 79.3 Å². The Labute approximate surface area is 122 Å². The minimum atomic E-state index is -0.852. The van der Waals surface area contributed by atoms with Crippen LogP contribution in [0.1, 0.15) is 49.0 Å². The van der Waals surface area contributed by atoms with Crippen LogP contribution in [0.2, 0.25) is 0 Å². The van der Waals surface area contributed by atoms with E-state index in [1.807, 2.05) is 0 Å². The van der Waals surface area contributed by atoms with Gasteiger partial charge in [0.25, 0.3) is 5.91 Å². The zero-order valence-electron chi connectivity index (χ0n) is 11.8. The van der Waals surface area contributed by atoms with Crippen molar-refractivity contribution in [2.24, 2.45) is 5.41 Å². The number of nitrogens with one attached hydrogen (secondary N) is 1. The maximum Gasteiger partial charge on any atom is 0.303 e. The van der Waals surface area contributed by atoms with Gasteiger partial charge in [-0.3, -0.25) is 9.59 Å². The minimum absolute atomic E-state index is 0.0104. The van der Waals surface area contributed by atoms with Crippen LogP contribution in [0.25, 0.3) is 0 Å². The number of aromatic nitrogens is 1. The van der Waals surface area contributed by atoms with Gasteiger partial charge in [0.1, 0.15) is 5.69 Å². The Bertz CT molecular complexity index is 527. The minimum Gasteiger partial charge on any atom is -0.481 e. The number of carbonyl (C=O) groups excluding carboxylic acids is 1. The second kappa shape index (κ2) is 6.65. The Morgan fingerprint density at radius 3 is 2.62 bits per heavy atom. The number of aliphatic carboxylic acids is 1. The highest BCUT2D eigenvalue weighted by molar-refractivity contribution is 5.92. The maximum atomic E-state index is 13.0. The van der Waals surface area contributed by atoms with Crippen LogP contribution in [-0.2, 0) is 4.79 Å². The van der Waals surface area contributed by atoms with Gasteiger partial charge in [-0.1, -0.05) is 25.3 Å². The molecular weight excluding hydrogens is 275 g/mol. The van der Waals surface area contributed by atoms with Crippen molar-refractivity contribution in [3.63, 3.8) is 0 Å². The average molecular weight is 294 g/mol. The molecule has 1 aliphatic rings. The molecule has 1 saturated carbocycles. The lowest BCUT2D eigenvalue weighted by Gasteiger charge is -2.36. The molecule has 0 spiro atoms. The van der Waals surface area contributed by atoms with Crippen molar-refractivity contribution in [3.05, 3.63) is 29.8 Å². The molecule has 2 N–H and O–H groups in total. The van der Waals surface area contributed by atoms with Crippen LogP contribution in [0.3, 0.4) is 0 Å². The quantitative estimate of drug-likeness (QED) is 0.817. The first-order valence-electron chi connectivity index (χ1n) is 7.13. The van der Waals surface area contributed by atoms with Gasteiger partial charge in [-0.2, -0.15) is 4.39 Å². The summed E-state index contributed by atoms with van der Waals surface area (Å²) in [6.45, 7) is 0.288. The average Bonchev–Trinajstić information content (AvgIpc) is 2.45. The Morgan fingerprint density at radius 2 is 2.00 bits per heavy atom. The molecular formula is C15H19FN2O3. The van der Waals surface area contributed by atoms with Crippen molar-refractivity contribution in [2.75, 3.05) is 6.54 Å². The molecule has 0 aromatic carbocycles. The highest BCUT2D eigenvalue weighted by atomic mass is 19.1. The second-order valence-corrected chi connectivity index (χ2v) is 5.66. The molecule has 5 nitrogen and oxygen atoms in total. The third-order valence-corrected chi connectivity index (χ3v) is 4.01. The number of pyridine rings is 1. The summed E-state index contributed by atoms with van der Waals surface area (Å²) in [5.74, 6) is -2.03. The highest BCUT2D eigenvalue weighted by Gasteiger charge is 2.34. The van der Waals surface area contributed by atoms with Gasteiger partial charge in [0.05, 0.1) is 6.42 Å². The lowest BCUT2D eigenvalue weighted by atomic mass is 9.71. The maximum absolute atomic E-state index is 13.0. The Kier molecular flexibility index (Phi) is 4.88. The van der Waals surface area contributed by atoms with Gasteiger partial charge >= 0.3 is 5.97 Å². The molecule has 114 valence electrons. The van der Waals surface area contributed by atoms with Gasteiger partial charge in [0, 0.05) is 6.54 Å². The van der Waals surface area contributed by atoms with Gasteiger partial charge in [-0.05, 0) is 30.4 Å². The fourth-order valence-electron chi connectivity index (χ4n) is 2.93. The summed E-state index contributed by atoms with van der Waals surface area (Å²) in [5, 5.41) is 11.8.